The Morgan fingerprint density at radius 2 is 1.44 bits per heavy atom. The number of carbonyl (C=O) groups excluding carboxylic acids is 2. The van der Waals surface area contributed by atoms with Crippen molar-refractivity contribution < 1.29 is 32.6 Å². The van der Waals surface area contributed by atoms with Gasteiger partial charge in [0.25, 0.3) is 0 Å². The van der Waals surface area contributed by atoms with E-state index in [1.54, 1.807) is 23.9 Å². The fourth-order valence-corrected chi connectivity index (χ4v) is 9.26. The Labute approximate surface area is 361 Å². The van der Waals surface area contributed by atoms with Crippen LogP contribution in [0.5, 0.6) is 0 Å². The van der Waals surface area contributed by atoms with Gasteiger partial charge < -0.3 is 25.2 Å². The van der Waals surface area contributed by atoms with Gasteiger partial charge in [0.2, 0.25) is 21.8 Å². The molecule has 0 bridgehead atoms. The largest absolute Gasteiger partial charge is 0.392 e. The molecule has 1 aliphatic rings. The van der Waals surface area contributed by atoms with E-state index in [1.165, 1.54) is 19.1 Å². The van der Waals surface area contributed by atoms with Crippen LogP contribution < -0.4 is 15.4 Å². The van der Waals surface area contributed by atoms with E-state index < -0.39 is 28.3 Å². The number of carbonyl (C=O) groups is 2. The van der Waals surface area contributed by atoms with Gasteiger partial charge >= 0.3 is 0 Å². The Balaban J connectivity index is 1.06. The van der Waals surface area contributed by atoms with Gasteiger partial charge in [-0.15, -0.1) is 11.8 Å². The average molecular weight is 856 g/mol. The second-order valence-electron chi connectivity index (χ2n) is 15.0. The maximum Gasteiger partial charge on any atom is 0.241 e. The zero-order chi connectivity index (χ0) is 42.8. The molecule has 61 heavy (non-hydrogen) atoms. The number of aryl methyl sites for hydroxylation is 1. The van der Waals surface area contributed by atoms with Crippen LogP contribution in [0.1, 0.15) is 59.1 Å². The number of aliphatic hydroxyl groups excluding tert-OH is 1. The number of benzene rings is 6. The molecule has 6 aromatic carbocycles. The summed E-state index contributed by atoms with van der Waals surface area (Å²) < 4.78 is 42.7. The minimum Gasteiger partial charge on any atom is -0.392 e. The van der Waals surface area contributed by atoms with Gasteiger partial charge in [0.15, 0.2) is 6.29 Å². The van der Waals surface area contributed by atoms with Gasteiger partial charge in [0, 0.05) is 41.8 Å². The normalized spacial score (nSPS) is 17.0. The van der Waals surface area contributed by atoms with E-state index >= 15 is 0 Å². The summed E-state index contributed by atoms with van der Waals surface area (Å²) in [4.78, 5) is 26.4. The Kier molecular flexibility index (Phi) is 14.5. The SMILES string of the molecule is CC(=O)Nc1ccc(SC[C@H]2C[C@@H](c3ccc(CO)cc3)O[C@@H](c3ccc(-c4ccccc4CNC(=O)[C@@H](Cc4ccccc4)NS(=O)(=O)c4ccc(C)cc4)cc3)O2)cc1. The molecule has 12 heteroatoms. The maximum atomic E-state index is 13.8. The third kappa shape index (κ3) is 11.8. The van der Waals surface area contributed by atoms with Crippen molar-refractivity contribution in [2.24, 2.45) is 0 Å². The molecule has 1 aliphatic heterocycles. The monoisotopic (exact) mass is 855 g/mol. The number of nitrogens with one attached hydrogen (secondary N) is 3. The number of rotatable bonds is 16. The lowest BCUT2D eigenvalue weighted by Crippen LogP contribution is -2.47. The molecule has 2 amide bonds. The Bertz CT molecular complexity index is 2500. The standard InChI is InChI=1S/C49H49N3O7S2/c1-33-12-26-44(27-13-33)61(56,57)52-46(28-35-8-4-3-5-9-35)48(55)50-30-40-10-6-7-11-45(40)37-18-20-39(21-19-37)49-58-42(29-47(59-49)38-16-14-36(31-53)15-17-38)32-60-43-24-22-41(23-25-43)51-34(2)54/h3-27,42,46-47,49,52-53H,28-32H2,1-2H3,(H,50,55)(H,51,54)/t42-,46-,47+,49+/m1/s1. The number of anilines is 1. The number of thioether (sulfide) groups is 1. The van der Waals surface area contributed by atoms with Crippen molar-refractivity contribution in [1.82, 2.24) is 10.0 Å². The van der Waals surface area contributed by atoms with E-state index in [0.717, 1.165) is 55.1 Å². The van der Waals surface area contributed by atoms with E-state index in [9.17, 15) is 23.1 Å². The van der Waals surface area contributed by atoms with Crippen LogP contribution in [0.15, 0.2) is 161 Å². The quantitative estimate of drug-likeness (QED) is 0.0709. The van der Waals surface area contributed by atoms with E-state index in [2.05, 4.69) is 15.4 Å². The van der Waals surface area contributed by atoms with Gasteiger partial charge in [0.05, 0.1) is 23.7 Å². The molecular formula is C49H49N3O7S2. The van der Waals surface area contributed by atoms with Crippen LogP contribution in [-0.4, -0.2) is 43.2 Å². The third-order valence-corrected chi connectivity index (χ3v) is 13.0. The van der Waals surface area contributed by atoms with Gasteiger partial charge in [-0.2, -0.15) is 4.72 Å². The van der Waals surface area contributed by atoms with Crippen LogP contribution in [0.2, 0.25) is 0 Å². The molecule has 1 heterocycles. The smallest absolute Gasteiger partial charge is 0.241 e. The molecule has 314 valence electrons. The molecule has 0 radical (unpaired) electrons. The number of hydrogen-bond donors (Lipinski definition) is 4. The first-order valence-electron chi connectivity index (χ1n) is 20.1. The van der Waals surface area contributed by atoms with E-state index in [-0.39, 0.29) is 42.6 Å². The Morgan fingerprint density at radius 1 is 0.770 bits per heavy atom. The van der Waals surface area contributed by atoms with Crippen LogP contribution in [0, 0.1) is 6.92 Å². The summed E-state index contributed by atoms with van der Waals surface area (Å²) in [6, 6.07) is 46.2. The minimum atomic E-state index is -3.99. The highest BCUT2D eigenvalue weighted by Crippen LogP contribution is 2.40. The summed E-state index contributed by atoms with van der Waals surface area (Å²) in [5.41, 5.74) is 7.89. The minimum absolute atomic E-state index is 0.0375. The van der Waals surface area contributed by atoms with Crippen LogP contribution in [0.25, 0.3) is 11.1 Å². The molecule has 0 saturated carbocycles. The topological polar surface area (TPSA) is 143 Å². The Morgan fingerprint density at radius 3 is 2.13 bits per heavy atom. The van der Waals surface area contributed by atoms with Crippen molar-refractivity contribution in [3.8, 4) is 11.1 Å². The fourth-order valence-electron chi connectivity index (χ4n) is 7.14. The number of aliphatic hydroxyl groups is 1. The van der Waals surface area contributed by atoms with E-state index in [1.807, 2.05) is 134 Å². The molecule has 0 unspecified atom stereocenters. The molecule has 7 rings (SSSR count). The zero-order valence-corrected chi connectivity index (χ0v) is 35.6. The van der Waals surface area contributed by atoms with Gasteiger partial charge in [-0.1, -0.05) is 121 Å². The molecule has 0 aliphatic carbocycles. The van der Waals surface area contributed by atoms with Crippen molar-refractivity contribution in [3.63, 3.8) is 0 Å². The average Bonchev–Trinajstić information content (AvgIpc) is 3.28. The molecule has 1 fully saturated rings. The number of hydrogen-bond acceptors (Lipinski definition) is 8. The van der Waals surface area contributed by atoms with Gasteiger partial charge in [0.1, 0.15) is 6.04 Å². The first kappa shape index (κ1) is 43.5. The van der Waals surface area contributed by atoms with Crippen LogP contribution in [0.3, 0.4) is 0 Å². The summed E-state index contributed by atoms with van der Waals surface area (Å²) >= 11 is 1.68. The maximum absolute atomic E-state index is 13.8. The summed E-state index contributed by atoms with van der Waals surface area (Å²) in [6.45, 7) is 3.51. The molecule has 6 aromatic rings. The first-order chi connectivity index (χ1) is 29.5. The van der Waals surface area contributed by atoms with Gasteiger partial charge in [-0.05, 0) is 83.1 Å². The second kappa shape index (κ2) is 20.3. The van der Waals surface area contributed by atoms with Crippen LogP contribution in [-0.2, 0) is 48.7 Å². The van der Waals surface area contributed by atoms with Gasteiger partial charge in [-0.25, -0.2) is 8.42 Å². The van der Waals surface area contributed by atoms with E-state index in [4.69, 9.17) is 9.47 Å². The summed E-state index contributed by atoms with van der Waals surface area (Å²) in [7, 11) is -3.99. The molecular weight excluding hydrogens is 807 g/mol. The van der Waals surface area contributed by atoms with Crippen molar-refractivity contribution in [2.75, 3.05) is 11.1 Å². The highest BCUT2D eigenvalue weighted by Gasteiger charge is 2.32. The van der Waals surface area contributed by atoms with Crippen molar-refractivity contribution in [3.05, 3.63) is 185 Å². The third-order valence-electron chi connectivity index (χ3n) is 10.4. The first-order valence-corrected chi connectivity index (χ1v) is 22.6. The number of ether oxygens (including phenoxy) is 2. The lowest BCUT2D eigenvalue weighted by atomic mass is 9.97. The zero-order valence-electron chi connectivity index (χ0n) is 34.0. The van der Waals surface area contributed by atoms with Gasteiger partial charge in [-0.3, -0.25) is 9.59 Å². The number of sulfonamides is 1. The predicted octanol–water partition coefficient (Wildman–Crippen LogP) is 8.66. The molecule has 4 N–H and O–H groups in total. The Hall–Kier alpha value is -5.60. The molecule has 0 aromatic heterocycles. The van der Waals surface area contributed by atoms with E-state index in [0.29, 0.717) is 12.2 Å². The van der Waals surface area contributed by atoms with Crippen LogP contribution >= 0.6 is 11.8 Å². The lowest BCUT2D eigenvalue weighted by Gasteiger charge is -2.36. The second-order valence-corrected chi connectivity index (χ2v) is 17.8. The van der Waals surface area contributed by atoms with Crippen molar-refractivity contribution in [1.29, 1.82) is 0 Å². The summed E-state index contributed by atoms with van der Waals surface area (Å²) in [6.07, 6.45) is -0.207. The molecule has 0 spiro atoms. The molecule has 10 nitrogen and oxygen atoms in total. The highest BCUT2D eigenvalue weighted by atomic mass is 32.2. The fraction of sp³-hybridized carbons (Fsp3) is 0.224. The summed E-state index contributed by atoms with van der Waals surface area (Å²) in [5, 5.41) is 15.4. The predicted molar refractivity (Wildman–Crippen MR) is 239 cm³/mol. The number of amides is 2. The summed E-state index contributed by atoms with van der Waals surface area (Å²) in [5.74, 6) is 0.126. The lowest BCUT2D eigenvalue weighted by molar-refractivity contribution is -0.245. The van der Waals surface area contributed by atoms with Crippen LogP contribution in [0.4, 0.5) is 5.69 Å². The molecule has 1 saturated heterocycles. The van der Waals surface area contributed by atoms with Crippen molar-refractivity contribution in [2.45, 2.75) is 74.2 Å². The highest BCUT2D eigenvalue weighted by molar-refractivity contribution is 7.99. The molecule has 4 atom stereocenters. The van der Waals surface area contributed by atoms with Crippen molar-refractivity contribution >= 4 is 39.3 Å².